The summed E-state index contributed by atoms with van der Waals surface area (Å²) in [5.74, 6) is -0.739. The van der Waals surface area contributed by atoms with Crippen LogP contribution in [0.15, 0.2) is 71.1 Å². The van der Waals surface area contributed by atoms with Crippen LogP contribution in [0, 0.1) is 18.8 Å². The predicted octanol–water partition coefficient (Wildman–Crippen LogP) is 5.36. The molecule has 0 N–H and O–H groups in total. The van der Waals surface area contributed by atoms with Gasteiger partial charge in [-0.1, -0.05) is 11.6 Å². The highest BCUT2D eigenvalue weighted by Crippen LogP contribution is 2.62. The number of halogens is 3. The summed E-state index contributed by atoms with van der Waals surface area (Å²) in [6, 6.07) is 11.9. The second-order valence-corrected chi connectivity index (χ2v) is 10.2. The van der Waals surface area contributed by atoms with Gasteiger partial charge < -0.3 is 4.57 Å². The number of aromatic nitrogens is 6. The molecule has 3 unspecified atom stereocenters. The van der Waals surface area contributed by atoms with Gasteiger partial charge in [-0.15, -0.1) is 5.10 Å². The van der Waals surface area contributed by atoms with Crippen LogP contribution in [0.2, 0.25) is 5.02 Å². The van der Waals surface area contributed by atoms with Crippen molar-refractivity contribution in [2.45, 2.75) is 31.7 Å². The van der Waals surface area contributed by atoms with Gasteiger partial charge in [-0.2, -0.15) is 9.07 Å². The molecule has 10 heteroatoms. The first-order valence-electron chi connectivity index (χ1n) is 11.9. The van der Waals surface area contributed by atoms with Gasteiger partial charge in [0.25, 0.3) is 5.56 Å². The van der Waals surface area contributed by atoms with E-state index in [4.69, 9.17) is 11.6 Å². The maximum atomic E-state index is 15.1. The van der Waals surface area contributed by atoms with Crippen LogP contribution in [-0.4, -0.2) is 29.8 Å². The number of rotatable bonds is 4. The Morgan fingerprint density at radius 3 is 2.73 bits per heavy atom. The van der Waals surface area contributed by atoms with E-state index >= 15 is 4.39 Å². The largest absolute Gasteiger partial charge is 0.305 e. The fraction of sp³-hybridized carbons (Fsp3) is 0.222. The summed E-state index contributed by atoms with van der Waals surface area (Å²) in [5, 5.41) is 11.9. The van der Waals surface area contributed by atoms with Crippen LogP contribution in [0.4, 0.5) is 8.78 Å². The van der Waals surface area contributed by atoms with Gasteiger partial charge >= 0.3 is 0 Å². The molecule has 0 bridgehead atoms. The minimum absolute atomic E-state index is 0.165. The van der Waals surface area contributed by atoms with E-state index in [1.165, 1.54) is 17.1 Å². The Balaban J connectivity index is 1.27. The topological polar surface area (TPSA) is 78.5 Å². The molecule has 3 atom stereocenters. The summed E-state index contributed by atoms with van der Waals surface area (Å²) >= 11 is 6.31. The minimum Gasteiger partial charge on any atom is -0.305 e. The van der Waals surface area contributed by atoms with E-state index in [0.29, 0.717) is 22.0 Å². The lowest BCUT2D eigenvalue weighted by atomic mass is 9.97. The molecule has 0 radical (unpaired) electrons. The molecule has 2 aliphatic carbocycles. The van der Waals surface area contributed by atoms with Crippen molar-refractivity contribution in [2.75, 3.05) is 0 Å². The summed E-state index contributed by atoms with van der Waals surface area (Å²) in [7, 11) is 0. The van der Waals surface area contributed by atoms with E-state index in [9.17, 15) is 9.18 Å². The maximum Gasteiger partial charge on any atom is 0.251 e. The van der Waals surface area contributed by atoms with Crippen molar-refractivity contribution >= 4 is 17.2 Å². The highest BCUT2D eigenvalue weighted by atomic mass is 35.5. The molecule has 184 valence electrons. The molecule has 37 heavy (non-hydrogen) atoms. The third kappa shape index (κ3) is 3.48. The summed E-state index contributed by atoms with van der Waals surface area (Å²) in [6.07, 6.45) is 4.11. The number of tetrazole rings is 1. The SMILES string of the molecule is Cc1ccc(C2=C(F)C=C(C3C4CC4c4cc(-c5cc(Cl)ccc5-n5cnnn5)cc(=O)n43)C2)c(F)n1. The fourth-order valence-corrected chi connectivity index (χ4v) is 6.01. The Hall–Kier alpha value is -3.98. The zero-order valence-corrected chi connectivity index (χ0v) is 20.3. The molecule has 1 aromatic carbocycles. The molecular formula is C27H19ClF2N6O. The Bertz CT molecular complexity index is 1730. The number of pyridine rings is 2. The summed E-state index contributed by atoms with van der Waals surface area (Å²) in [5.41, 5.74) is 4.65. The standard InChI is InChI=1S/C27H19ClF2N6O/c1-13-2-4-17(27(30)32-13)19-6-15(7-22(19)29)26-21-11-20(21)24-8-14(9-25(37)36(24)26)18-10-16(28)3-5-23(18)35-12-31-33-34-35/h2-5,7-10,12,20-21,26H,6,11H2,1H3. The van der Waals surface area contributed by atoms with E-state index < -0.39 is 11.8 Å². The second-order valence-electron chi connectivity index (χ2n) is 9.76. The molecule has 0 spiro atoms. The van der Waals surface area contributed by atoms with Crippen molar-refractivity contribution < 1.29 is 8.78 Å². The van der Waals surface area contributed by atoms with Crippen molar-refractivity contribution in [3.8, 4) is 16.8 Å². The van der Waals surface area contributed by atoms with Crippen LogP contribution in [0.1, 0.15) is 41.8 Å². The van der Waals surface area contributed by atoms with Gasteiger partial charge in [0.1, 0.15) is 12.2 Å². The molecule has 1 fully saturated rings. The van der Waals surface area contributed by atoms with Crippen molar-refractivity contribution in [1.29, 1.82) is 0 Å². The number of fused-ring (bicyclic) bond motifs is 3. The smallest absolute Gasteiger partial charge is 0.251 e. The Kier molecular flexibility index (Phi) is 4.81. The summed E-state index contributed by atoms with van der Waals surface area (Å²) < 4.78 is 32.9. The zero-order valence-electron chi connectivity index (χ0n) is 19.6. The molecule has 1 aliphatic heterocycles. The quantitative estimate of drug-likeness (QED) is 0.341. The number of nitrogens with zero attached hydrogens (tertiary/aromatic N) is 6. The monoisotopic (exact) mass is 516 g/mol. The highest BCUT2D eigenvalue weighted by Gasteiger charge is 2.54. The number of hydrogen-bond acceptors (Lipinski definition) is 5. The zero-order chi connectivity index (χ0) is 25.4. The Morgan fingerprint density at radius 2 is 1.95 bits per heavy atom. The molecule has 3 aromatic heterocycles. The molecule has 4 aromatic rings. The second kappa shape index (κ2) is 8.01. The highest BCUT2D eigenvalue weighted by molar-refractivity contribution is 6.31. The van der Waals surface area contributed by atoms with Crippen LogP contribution < -0.4 is 5.56 Å². The van der Waals surface area contributed by atoms with Gasteiger partial charge in [0.05, 0.1) is 11.7 Å². The molecule has 3 aliphatic rings. The number of allylic oxidation sites excluding steroid dienone is 4. The van der Waals surface area contributed by atoms with Crippen molar-refractivity contribution in [1.82, 2.24) is 29.8 Å². The van der Waals surface area contributed by atoms with Gasteiger partial charge in [-0.3, -0.25) is 4.79 Å². The van der Waals surface area contributed by atoms with Crippen LogP contribution in [0.5, 0.6) is 0 Å². The lowest BCUT2D eigenvalue weighted by Crippen LogP contribution is -2.26. The molecule has 0 saturated heterocycles. The van der Waals surface area contributed by atoms with Crippen molar-refractivity contribution in [3.63, 3.8) is 0 Å². The van der Waals surface area contributed by atoms with Crippen LogP contribution in [-0.2, 0) is 0 Å². The van der Waals surface area contributed by atoms with Crippen molar-refractivity contribution in [3.05, 3.63) is 105 Å². The normalized spacial score (nSPS) is 21.7. The fourth-order valence-electron chi connectivity index (χ4n) is 5.84. The summed E-state index contributed by atoms with van der Waals surface area (Å²) in [6.45, 7) is 1.69. The first-order valence-corrected chi connectivity index (χ1v) is 12.3. The van der Waals surface area contributed by atoms with Crippen LogP contribution in [0.3, 0.4) is 0 Å². The van der Waals surface area contributed by atoms with Gasteiger partial charge in [-0.25, -0.2) is 9.37 Å². The van der Waals surface area contributed by atoms with Crippen LogP contribution >= 0.6 is 11.6 Å². The predicted molar refractivity (Wildman–Crippen MR) is 133 cm³/mol. The van der Waals surface area contributed by atoms with E-state index in [1.807, 2.05) is 6.07 Å². The average molecular weight is 517 g/mol. The number of hydrogen-bond donors (Lipinski definition) is 0. The maximum absolute atomic E-state index is 15.1. The molecule has 7 nitrogen and oxygen atoms in total. The van der Waals surface area contributed by atoms with Gasteiger partial charge in [-0.05, 0) is 89.7 Å². The Morgan fingerprint density at radius 1 is 1.08 bits per heavy atom. The third-order valence-corrected chi connectivity index (χ3v) is 7.78. The molecule has 1 saturated carbocycles. The molecular weight excluding hydrogens is 498 g/mol. The van der Waals surface area contributed by atoms with Crippen molar-refractivity contribution in [2.24, 2.45) is 5.92 Å². The van der Waals surface area contributed by atoms with Gasteiger partial charge in [0.15, 0.2) is 0 Å². The van der Waals surface area contributed by atoms with E-state index in [0.717, 1.165) is 23.3 Å². The number of benzene rings is 1. The van der Waals surface area contributed by atoms with E-state index in [2.05, 4.69) is 20.5 Å². The lowest BCUT2D eigenvalue weighted by Gasteiger charge is -2.21. The van der Waals surface area contributed by atoms with E-state index in [-0.39, 0.29) is 41.0 Å². The minimum atomic E-state index is -0.683. The van der Waals surface area contributed by atoms with E-state index in [1.54, 1.807) is 47.9 Å². The first-order chi connectivity index (χ1) is 17.9. The summed E-state index contributed by atoms with van der Waals surface area (Å²) in [4.78, 5) is 17.4. The molecule has 7 rings (SSSR count). The number of aryl methyl sites for hydroxylation is 1. The van der Waals surface area contributed by atoms with Gasteiger partial charge in [0.2, 0.25) is 5.95 Å². The van der Waals surface area contributed by atoms with Gasteiger partial charge in [0, 0.05) is 45.1 Å². The first kappa shape index (κ1) is 22.2. The molecule has 0 amide bonds. The molecule has 4 heterocycles. The average Bonchev–Trinajstić information content (AvgIpc) is 3.17. The third-order valence-electron chi connectivity index (χ3n) is 7.54. The lowest BCUT2D eigenvalue weighted by molar-refractivity contribution is 0.522. The van der Waals surface area contributed by atoms with Crippen LogP contribution in [0.25, 0.3) is 22.4 Å². The Labute approximate surface area is 214 Å².